The molecule has 0 saturated heterocycles. The molecule has 3 aromatic heterocycles. The third kappa shape index (κ3) is 5.75. The van der Waals surface area contributed by atoms with Gasteiger partial charge in [0.25, 0.3) is 0 Å². The van der Waals surface area contributed by atoms with Crippen molar-refractivity contribution in [2.75, 3.05) is 0 Å². The van der Waals surface area contributed by atoms with Crippen molar-refractivity contribution < 1.29 is 9.90 Å². The minimum atomic E-state index is -1.03. The highest BCUT2D eigenvalue weighted by molar-refractivity contribution is 6.08. The number of fused-ring (bicyclic) bond motifs is 20. The molecule has 9 rings (SSSR count). The van der Waals surface area contributed by atoms with E-state index in [1.54, 1.807) is 18.2 Å². The Morgan fingerprint density at radius 3 is 1.24 bits per heavy atom. The zero-order valence-electron chi connectivity index (χ0n) is 32.5. The number of carboxylic acids is 1. The van der Waals surface area contributed by atoms with Crippen LogP contribution in [0, 0.1) is 0 Å². The molecule has 5 heterocycles. The van der Waals surface area contributed by atoms with Gasteiger partial charge in [0.2, 0.25) is 0 Å². The topological polar surface area (TPSA) is 146 Å². The molecule has 0 unspecified atom stereocenters. The van der Waals surface area contributed by atoms with Crippen LogP contribution in [0.1, 0.15) is 89.4 Å². The average molecular weight is 727 g/mol. The second-order valence-corrected chi connectivity index (χ2v) is 17.7. The summed E-state index contributed by atoms with van der Waals surface area (Å²) in [6.45, 7) is 19.7. The van der Waals surface area contributed by atoms with Crippen LogP contribution in [0.3, 0.4) is 0 Å². The first-order valence-corrected chi connectivity index (χ1v) is 18.6. The number of nitrogens with zero attached hydrogens (tertiary/aromatic N) is 6. The Balaban J connectivity index is 1.47. The summed E-state index contributed by atoms with van der Waals surface area (Å²) < 4.78 is 0. The highest BCUT2D eigenvalue weighted by Crippen LogP contribution is 2.40. The largest absolute Gasteiger partial charge is 0.478 e. The first-order chi connectivity index (χ1) is 25.9. The number of benzene rings is 4. The number of H-pyrrole nitrogens is 2. The number of hydrogen-bond donors (Lipinski definition) is 3. The van der Waals surface area contributed by atoms with Crippen LogP contribution in [0.5, 0.6) is 0 Å². The maximum absolute atomic E-state index is 12.2. The number of carbonyl (C=O) groups is 1. The average Bonchev–Trinajstić information content (AvgIpc) is 3.85. The van der Waals surface area contributed by atoms with E-state index >= 15 is 0 Å². The van der Waals surface area contributed by atoms with Crippen molar-refractivity contribution in [3.63, 3.8) is 0 Å². The molecule has 10 heteroatoms. The third-order valence-electron chi connectivity index (χ3n) is 10.7. The summed E-state index contributed by atoms with van der Waals surface area (Å²) in [5, 5.41) is 13.1. The van der Waals surface area contributed by atoms with Gasteiger partial charge in [-0.05, 0) is 69.3 Å². The lowest BCUT2D eigenvalue weighted by atomic mass is 9.85. The molecule has 2 aliphatic heterocycles. The summed E-state index contributed by atoms with van der Waals surface area (Å²) >= 11 is 0. The molecule has 0 atom stereocenters. The number of aromatic amines is 2. The van der Waals surface area contributed by atoms with E-state index in [2.05, 4.69) is 127 Å². The predicted molar refractivity (Wildman–Crippen MR) is 219 cm³/mol. The van der Waals surface area contributed by atoms with Crippen molar-refractivity contribution in [1.82, 2.24) is 39.9 Å². The van der Waals surface area contributed by atoms with Crippen molar-refractivity contribution in [2.24, 2.45) is 0 Å². The van der Waals surface area contributed by atoms with Gasteiger partial charge in [-0.3, -0.25) is 0 Å². The van der Waals surface area contributed by atoms with Gasteiger partial charge in [-0.2, -0.15) is 0 Å². The first-order valence-electron chi connectivity index (χ1n) is 18.6. The van der Waals surface area contributed by atoms with Gasteiger partial charge in [0.05, 0.1) is 5.56 Å². The molecule has 0 radical (unpaired) electrons. The summed E-state index contributed by atoms with van der Waals surface area (Å²) in [6.07, 6.45) is 0. The molecule has 0 amide bonds. The molecular formula is C45H42N8O2. The zero-order valence-corrected chi connectivity index (χ0v) is 32.5. The van der Waals surface area contributed by atoms with Crippen LogP contribution in [0.25, 0.3) is 89.7 Å². The van der Waals surface area contributed by atoms with Crippen LogP contribution in [0.15, 0.2) is 72.8 Å². The quantitative estimate of drug-likeness (QED) is 0.151. The van der Waals surface area contributed by atoms with Crippen molar-refractivity contribution in [2.45, 2.75) is 78.6 Å². The molecule has 0 spiro atoms. The molecule has 274 valence electrons. The minimum Gasteiger partial charge on any atom is -0.478 e. The number of hydrogen-bond acceptors (Lipinski definition) is 7. The second kappa shape index (κ2) is 11.6. The van der Waals surface area contributed by atoms with E-state index in [4.69, 9.17) is 29.9 Å². The number of aromatic nitrogens is 8. The number of nitrogens with one attached hydrogen (secondary N) is 2. The normalized spacial score (nSPS) is 13.0. The Bertz CT molecular complexity index is 2970. The fourth-order valence-corrected chi connectivity index (χ4v) is 7.33. The van der Waals surface area contributed by atoms with E-state index in [1.807, 2.05) is 0 Å². The summed E-state index contributed by atoms with van der Waals surface area (Å²) in [4.78, 5) is 50.0. The first kappa shape index (κ1) is 34.5. The number of carboxylic acid groups (broad SMARTS) is 1. The molecule has 7 aromatic rings. The monoisotopic (exact) mass is 726 g/mol. The van der Waals surface area contributed by atoms with Crippen molar-refractivity contribution >= 4 is 50.1 Å². The van der Waals surface area contributed by atoms with Crippen LogP contribution < -0.4 is 0 Å². The SMILES string of the molecule is CC(C)(C)c1ccc2c(c1)-c1nc-2nc2[nH]c(nc3nc(nc4[nH]c(n1)c1ccc(C(C)(C)C)cc41)-c1ccc(C(C)(C)C)cc1-3)c1cc(C(=O)O)ccc21. The smallest absolute Gasteiger partial charge is 0.335 e. The summed E-state index contributed by atoms with van der Waals surface area (Å²) in [7, 11) is 0. The molecule has 0 aliphatic carbocycles. The van der Waals surface area contributed by atoms with Crippen molar-refractivity contribution in [3.8, 4) is 45.6 Å². The lowest BCUT2D eigenvalue weighted by Gasteiger charge is -2.19. The second-order valence-electron chi connectivity index (χ2n) is 17.7. The Morgan fingerprint density at radius 2 is 0.800 bits per heavy atom. The maximum atomic E-state index is 12.2. The summed E-state index contributed by atoms with van der Waals surface area (Å²) in [5.41, 5.74) is 8.86. The van der Waals surface area contributed by atoms with Gasteiger partial charge < -0.3 is 15.1 Å². The van der Waals surface area contributed by atoms with E-state index in [9.17, 15) is 9.90 Å². The van der Waals surface area contributed by atoms with E-state index in [-0.39, 0.29) is 21.8 Å². The van der Waals surface area contributed by atoms with Crippen LogP contribution in [-0.4, -0.2) is 50.9 Å². The van der Waals surface area contributed by atoms with E-state index in [0.29, 0.717) is 56.7 Å². The molecule has 3 N–H and O–H groups in total. The fourth-order valence-electron chi connectivity index (χ4n) is 7.33. The molecule has 10 nitrogen and oxygen atoms in total. The molecule has 8 bridgehead atoms. The Hall–Kier alpha value is -6.29. The number of rotatable bonds is 1. The van der Waals surface area contributed by atoms with Gasteiger partial charge in [0.15, 0.2) is 23.3 Å². The minimum absolute atomic E-state index is 0.100. The third-order valence-corrected chi connectivity index (χ3v) is 10.7. The van der Waals surface area contributed by atoms with Crippen LogP contribution in [-0.2, 0) is 16.2 Å². The van der Waals surface area contributed by atoms with Gasteiger partial charge in [-0.25, -0.2) is 34.7 Å². The molecule has 55 heavy (non-hydrogen) atoms. The summed E-state index contributed by atoms with van der Waals surface area (Å²) in [5.74, 6) is 0.966. The highest BCUT2D eigenvalue weighted by Gasteiger charge is 2.26. The van der Waals surface area contributed by atoms with E-state index < -0.39 is 5.97 Å². The lowest BCUT2D eigenvalue weighted by molar-refractivity contribution is 0.0697. The van der Waals surface area contributed by atoms with Gasteiger partial charge >= 0.3 is 5.97 Å². The molecule has 0 fully saturated rings. The van der Waals surface area contributed by atoms with E-state index in [0.717, 1.165) is 44.2 Å². The van der Waals surface area contributed by atoms with Crippen molar-refractivity contribution in [3.05, 3.63) is 95.1 Å². The van der Waals surface area contributed by atoms with Crippen LogP contribution in [0.4, 0.5) is 0 Å². The summed E-state index contributed by atoms with van der Waals surface area (Å²) in [6, 6.07) is 24.1. The van der Waals surface area contributed by atoms with Crippen molar-refractivity contribution in [1.29, 1.82) is 0 Å². The van der Waals surface area contributed by atoms with Gasteiger partial charge in [0.1, 0.15) is 22.6 Å². The van der Waals surface area contributed by atoms with Gasteiger partial charge in [0, 0.05) is 43.8 Å². The Labute approximate surface area is 318 Å². The highest BCUT2D eigenvalue weighted by atomic mass is 16.4. The Morgan fingerprint density at radius 1 is 0.436 bits per heavy atom. The molecule has 2 aliphatic rings. The standard InChI is InChI=1S/C45H42N8O2/c1-43(2,3)23-11-15-27-31(19-23)39-48-35(27)46-34-26-14-10-22(42(54)55)18-30(26)38(47-34)53-41-33-21-25(45(7,8)9)13-17-29(33)37(52-41)51-40-32-20-24(44(4,5)6)12-16-28(32)36(49-39)50-40/h10-21H,1-9H3,(H,54,55)(H2,46,47,48,49,50,51,52,53). The molecule has 0 saturated carbocycles. The van der Waals surface area contributed by atoms with E-state index in [1.165, 1.54) is 5.56 Å². The van der Waals surface area contributed by atoms with Crippen LogP contribution >= 0.6 is 0 Å². The molecular weight excluding hydrogens is 685 g/mol. The Kier molecular flexibility index (Phi) is 7.27. The van der Waals surface area contributed by atoms with Gasteiger partial charge in [-0.15, -0.1) is 0 Å². The van der Waals surface area contributed by atoms with Gasteiger partial charge in [-0.1, -0.05) is 98.7 Å². The molecule has 4 aromatic carbocycles. The fraction of sp³-hybridized carbons (Fsp3) is 0.267. The zero-order chi connectivity index (χ0) is 38.8. The lowest BCUT2D eigenvalue weighted by Crippen LogP contribution is -2.10. The van der Waals surface area contributed by atoms with Crippen LogP contribution in [0.2, 0.25) is 0 Å². The number of aromatic carboxylic acids is 1. The predicted octanol–water partition coefficient (Wildman–Crippen LogP) is 10.5. The maximum Gasteiger partial charge on any atom is 0.335 e.